The number of rotatable bonds is 5. The maximum absolute atomic E-state index is 14.1. The summed E-state index contributed by atoms with van der Waals surface area (Å²) in [6.45, 7) is -0.628. The SMILES string of the molecule is O=C(NCc1ccc(F)c(CNCl)c1F)c1c(F)cccc1F. The topological polar surface area (TPSA) is 41.1 Å². The lowest BCUT2D eigenvalue weighted by Crippen LogP contribution is -2.26. The average Bonchev–Trinajstić information content (AvgIpc) is 2.50. The normalized spacial score (nSPS) is 10.7. The van der Waals surface area contributed by atoms with Gasteiger partial charge in [0.2, 0.25) is 0 Å². The lowest BCUT2D eigenvalue weighted by atomic mass is 10.1. The fourth-order valence-electron chi connectivity index (χ4n) is 1.99. The Bertz CT molecular complexity index is 719. The zero-order valence-electron chi connectivity index (χ0n) is 11.6. The van der Waals surface area contributed by atoms with Crippen LogP contribution in [0.5, 0.6) is 0 Å². The Morgan fingerprint density at radius 2 is 1.61 bits per heavy atom. The van der Waals surface area contributed by atoms with E-state index in [0.29, 0.717) is 0 Å². The fourth-order valence-corrected chi connectivity index (χ4v) is 2.12. The third-order valence-electron chi connectivity index (χ3n) is 3.14. The Morgan fingerprint density at radius 1 is 0.957 bits per heavy atom. The number of hydrogen-bond donors (Lipinski definition) is 2. The monoisotopic (exact) mass is 346 g/mol. The first-order chi connectivity index (χ1) is 11.0. The van der Waals surface area contributed by atoms with E-state index in [1.807, 2.05) is 0 Å². The molecule has 0 spiro atoms. The third-order valence-corrected chi connectivity index (χ3v) is 3.27. The second-order valence-electron chi connectivity index (χ2n) is 4.59. The zero-order chi connectivity index (χ0) is 17.0. The summed E-state index contributed by atoms with van der Waals surface area (Å²) in [5.41, 5.74) is -1.11. The van der Waals surface area contributed by atoms with E-state index in [2.05, 4.69) is 10.2 Å². The van der Waals surface area contributed by atoms with Crippen molar-refractivity contribution in [3.8, 4) is 0 Å². The molecule has 23 heavy (non-hydrogen) atoms. The predicted octanol–water partition coefficient (Wildman–Crippen LogP) is 3.42. The highest BCUT2D eigenvalue weighted by molar-refractivity contribution is 6.13. The van der Waals surface area contributed by atoms with Crippen LogP contribution in [0.3, 0.4) is 0 Å². The number of carbonyl (C=O) groups is 1. The average molecular weight is 347 g/mol. The second kappa shape index (κ2) is 7.43. The summed E-state index contributed by atoms with van der Waals surface area (Å²) in [4.78, 5) is 13.9. The van der Waals surface area contributed by atoms with Gasteiger partial charge in [0, 0.05) is 24.2 Å². The maximum atomic E-state index is 14.1. The minimum absolute atomic E-state index is 0.0431. The molecule has 0 heterocycles. The van der Waals surface area contributed by atoms with Gasteiger partial charge in [0.15, 0.2) is 0 Å². The number of halogens is 5. The molecule has 0 aromatic heterocycles. The van der Waals surface area contributed by atoms with Crippen molar-refractivity contribution in [2.45, 2.75) is 13.1 Å². The summed E-state index contributed by atoms with van der Waals surface area (Å²) in [5, 5.41) is 2.19. The molecule has 0 aliphatic heterocycles. The molecule has 8 heteroatoms. The second-order valence-corrected chi connectivity index (χ2v) is 4.86. The first kappa shape index (κ1) is 17.2. The van der Waals surface area contributed by atoms with Gasteiger partial charge in [-0.2, -0.15) is 0 Å². The molecule has 0 atom stereocenters. The molecule has 0 unspecified atom stereocenters. The summed E-state index contributed by atoms with van der Waals surface area (Å²) in [5.74, 6) is -4.80. The number of nitrogens with one attached hydrogen (secondary N) is 2. The lowest BCUT2D eigenvalue weighted by Gasteiger charge is -2.11. The van der Waals surface area contributed by atoms with E-state index in [9.17, 15) is 22.4 Å². The Kier molecular flexibility index (Phi) is 5.57. The molecular weight excluding hydrogens is 336 g/mol. The standard InChI is InChI=1S/C15H11ClF4N2O/c16-22-7-9-10(17)5-4-8(14(9)20)6-21-15(23)13-11(18)2-1-3-12(13)19/h1-5,22H,6-7H2,(H,21,23). The molecule has 0 bridgehead atoms. The van der Waals surface area contributed by atoms with Crippen LogP contribution in [0.15, 0.2) is 30.3 Å². The molecule has 0 aliphatic rings. The van der Waals surface area contributed by atoms with Gasteiger partial charge in [0.1, 0.15) is 28.8 Å². The van der Waals surface area contributed by atoms with Crippen LogP contribution >= 0.6 is 11.8 Å². The first-order valence-corrected chi connectivity index (χ1v) is 6.85. The smallest absolute Gasteiger partial charge is 0.257 e. The molecule has 0 radical (unpaired) electrons. The van der Waals surface area contributed by atoms with Gasteiger partial charge in [-0.15, -0.1) is 0 Å². The van der Waals surface area contributed by atoms with Crippen LogP contribution in [0.4, 0.5) is 17.6 Å². The maximum Gasteiger partial charge on any atom is 0.257 e. The van der Waals surface area contributed by atoms with Crippen LogP contribution in [0, 0.1) is 23.3 Å². The van der Waals surface area contributed by atoms with Crippen molar-refractivity contribution in [3.05, 3.63) is 70.3 Å². The van der Waals surface area contributed by atoms with E-state index >= 15 is 0 Å². The van der Waals surface area contributed by atoms with Crippen molar-refractivity contribution in [3.63, 3.8) is 0 Å². The van der Waals surface area contributed by atoms with Gasteiger partial charge in [-0.25, -0.2) is 22.4 Å². The summed E-state index contributed by atoms with van der Waals surface area (Å²) < 4.78 is 54.5. The van der Waals surface area contributed by atoms with E-state index < -0.39 is 34.7 Å². The predicted molar refractivity (Wildman–Crippen MR) is 76.6 cm³/mol. The van der Waals surface area contributed by atoms with E-state index in [-0.39, 0.29) is 24.2 Å². The van der Waals surface area contributed by atoms with Gasteiger partial charge in [-0.3, -0.25) is 4.79 Å². The quantitative estimate of drug-likeness (QED) is 0.643. The van der Waals surface area contributed by atoms with E-state index in [4.69, 9.17) is 11.8 Å². The lowest BCUT2D eigenvalue weighted by molar-refractivity contribution is 0.0942. The molecule has 0 saturated carbocycles. The van der Waals surface area contributed by atoms with Crippen molar-refractivity contribution in [1.82, 2.24) is 10.2 Å². The van der Waals surface area contributed by atoms with Gasteiger partial charge in [0.25, 0.3) is 5.91 Å². The molecule has 122 valence electrons. The molecule has 2 aromatic rings. The van der Waals surface area contributed by atoms with Gasteiger partial charge >= 0.3 is 0 Å². The Morgan fingerprint density at radius 3 is 2.22 bits per heavy atom. The minimum atomic E-state index is -1.04. The van der Waals surface area contributed by atoms with Crippen LogP contribution in [-0.2, 0) is 13.1 Å². The number of hydrogen-bond acceptors (Lipinski definition) is 2. The van der Waals surface area contributed by atoms with Gasteiger partial charge < -0.3 is 5.32 Å². The highest BCUT2D eigenvalue weighted by atomic mass is 35.5. The molecule has 0 saturated heterocycles. The molecule has 0 aliphatic carbocycles. The highest BCUT2D eigenvalue weighted by Crippen LogP contribution is 2.18. The third kappa shape index (κ3) is 3.80. The van der Waals surface area contributed by atoms with Crippen LogP contribution in [-0.4, -0.2) is 5.91 Å². The largest absolute Gasteiger partial charge is 0.348 e. The number of amides is 1. The van der Waals surface area contributed by atoms with Crippen molar-refractivity contribution in [2.24, 2.45) is 0 Å². The molecule has 1 amide bonds. The zero-order valence-corrected chi connectivity index (χ0v) is 12.4. The van der Waals surface area contributed by atoms with Crippen LogP contribution in [0.2, 0.25) is 0 Å². The van der Waals surface area contributed by atoms with Crippen LogP contribution < -0.4 is 10.2 Å². The fraction of sp³-hybridized carbons (Fsp3) is 0.133. The summed E-state index contributed by atoms with van der Waals surface area (Å²) >= 11 is 5.24. The van der Waals surface area contributed by atoms with Gasteiger partial charge in [0.05, 0.1) is 0 Å². The molecule has 0 fully saturated rings. The Balaban J connectivity index is 2.18. The molecule has 2 N–H and O–H groups in total. The molecule has 2 rings (SSSR count). The van der Waals surface area contributed by atoms with Gasteiger partial charge in [-0.05, 0) is 30.0 Å². The van der Waals surface area contributed by atoms with E-state index in [0.717, 1.165) is 30.3 Å². The summed E-state index contributed by atoms with van der Waals surface area (Å²) in [6, 6.07) is 5.12. The van der Waals surface area contributed by atoms with E-state index in [1.165, 1.54) is 0 Å². The summed E-state index contributed by atoms with van der Waals surface area (Å²) in [6.07, 6.45) is 0. The van der Waals surface area contributed by atoms with Crippen molar-refractivity contribution < 1.29 is 22.4 Å². The van der Waals surface area contributed by atoms with Crippen LogP contribution in [0.1, 0.15) is 21.5 Å². The number of benzene rings is 2. The Labute approximate surface area is 134 Å². The minimum Gasteiger partial charge on any atom is -0.348 e. The molecular formula is C15H11ClF4N2O. The summed E-state index contributed by atoms with van der Waals surface area (Å²) in [7, 11) is 0. The molecule has 3 nitrogen and oxygen atoms in total. The van der Waals surface area contributed by atoms with E-state index in [1.54, 1.807) is 0 Å². The molecule has 2 aromatic carbocycles. The number of carbonyl (C=O) groups excluding carboxylic acids is 1. The highest BCUT2D eigenvalue weighted by Gasteiger charge is 2.18. The van der Waals surface area contributed by atoms with Crippen molar-refractivity contribution in [2.75, 3.05) is 0 Å². The van der Waals surface area contributed by atoms with Gasteiger partial charge in [-0.1, -0.05) is 12.1 Å². The van der Waals surface area contributed by atoms with Crippen molar-refractivity contribution in [1.29, 1.82) is 0 Å². The van der Waals surface area contributed by atoms with Crippen molar-refractivity contribution >= 4 is 17.7 Å². The first-order valence-electron chi connectivity index (χ1n) is 6.47. The van der Waals surface area contributed by atoms with Crippen LogP contribution in [0.25, 0.3) is 0 Å². The Hall–Kier alpha value is -2.12.